The van der Waals surface area contributed by atoms with Crippen LogP contribution in [0.5, 0.6) is 5.75 Å². The second kappa shape index (κ2) is 19.6. The van der Waals surface area contributed by atoms with Crippen LogP contribution in [0.2, 0.25) is 0 Å². The van der Waals surface area contributed by atoms with Gasteiger partial charge in [-0.25, -0.2) is 4.79 Å². The standard InChI is InChI=1S/C29H45N7O11/c1-5-14(2)23(29(46)47)36-28(45)21(13-38)35-27(44)19(10-17-6-8-18(39)9-7-17)33-22(40)11-31-26(43)20(12-37)34-25(42)16(4)32-24(41)15(3)30/h6-9,14-16,19-21,23,37-39H,5,10-13,30H2,1-4H3,(H,31,43)(H,32,41)(H,33,40)(H,34,42)(H,35,44)(H,36,45)(H,46,47)/t14-,15-,16-,19-,20-,21-,23-/m0/s1. The van der Waals surface area contributed by atoms with E-state index in [0.29, 0.717) is 12.0 Å². The number of hydrogen-bond donors (Lipinski definition) is 11. The number of carboxylic acids is 1. The van der Waals surface area contributed by atoms with Crippen LogP contribution in [-0.2, 0) is 40.0 Å². The molecule has 0 aromatic heterocycles. The van der Waals surface area contributed by atoms with Gasteiger partial charge >= 0.3 is 5.97 Å². The first-order chi connectivity index (χ1) is 22.0. The second-order valence-corrected chi connectivity index (χ2v) is 10.9. The van der Waals surface area contributed by atoms with E-state index in [4.69, 9.17) is 5.73 Å². The summed E-state index contributed by atoms with van der Waals surface area (Å²) in [6.07, 6.45) is 0.248. The van der Waals surface area contributed by atoms with Gasteiger partial charge in [0.05, 0.1) is 25.8 Å². The topological polar surface area (TPSA) is 299 Å². The third-order valence-corrected chi connectivity index (χ3v) is 7.02. The van der Waals surface area contributed by atoms with Gasteiger partial charge in [0.1, 0.15) is 36.0 Å². The van der Waals surface area contributed by atoms with Crippen LogP contribution >= 0.6 is 0 Å². The van der Waals surface area contributed by atoms with E-state index >= 15 is 0 Å². The minimum atomic E-state index is -1.58. The molecule has 0 heterocycles. The van der Waals surface area contributed by atoms with Crippen LogP contribution in [0.15, 0.2) is 24.3 Å². The van der Waals surface area contributed by atoms with Crippen LogP contribution in [-0.4, -0.2) is 118 Å². The first-order valence-electron chi connectivity index (χ1n) is 14.8. The minimum absolute atomic E-state index is 0.0657. The van der Waals surface area contributed by atoms with E-state index in [-0.39, 0.29) is 12.2 Å². The highest BCUT2D eigenvalue weighted by molar-refractivity contribution is 5.96. The molecule has 0 saturated heterocycles. The number of phenols is 1. The first-order valence-corrected chi connectivity index (χ1v) is 14.8. The van der Waals surface area contributed by atoms with Gasteiger partial charge in [0.2, 0.25) is 35.4 Å². The average molecular weight is 668 g/mol. The van der Waals surface area contributed by atoms with Crippen LogP contribution in [0.25, 0.3) is 0 Å². The molecule has 7 atom stereocenters. The molecule has 262 valence electrons. The highest BCUT2D eigenvalue weighted by Gasteiger charge is 2.32. The number of nitrogens with two attached hydrogens (primary N) is 1. The molecule has 1 aromatic rings. The Morgan fingerprint density at radius 2 is 1.26 bits per heavy atom. The minimum Gasteiger partial charge on any atom is -0.508 e. The summed E-state index contributed by atoms with van der Waals surface area (Å²) < 4.78 is 0. The Balaban J connectivity index is 2.98. The van der Waals surface area contributed by atoms with E-state index in [2.05, 4.69) is 31.9 Å². The lowest BCUT2D eigenvalue weighted by Gasteiger charge is -2.25. The van der Waals surface area contributed by atoms with Crippen molar-refractivity contribution in [1.29, 1.82) is 0 Å². The molecule has 18 heteroatoms. The van der Waals surface area contributed by atoms with Gasteiger partial charge in [0, 0.05) is 6.42 Å². The highest BCUT2D eigenvalue weighted by Crippen LogP contribution is 2.12. The zero-order valence-corrected chi connectivity index (χ0v) is 26.6. The first kappa shape index (κ1) is 40.2. The van der Waals surface area contributed by atoms with Crippen molar-refractivity contribution in [3.05, 3.63) is 29.8 Å². The Hall–Kier alpha value is -4.81. The van der Waals surface area contributed by atoms with E-state index in [1.54, 1.807) is 13.8 Å². The van der Waals surface area contributed by atoms with Crippen LogP contribution < -0.4 is 37.6 Å². The smallest absolute Gasteiger partial charge is 0.326 e. The summed E-state index contributed by atoms with van der Waals surface area (Å²) in [4.78, 5) is 87.1. The Morgan fingerprint density at radius 3 is 1.77 bits per heavy atom. The normalized spacial score (nSPS) is 15.3. The van der Waals surface area contributed by atoms with Gasteiger partial charge in [0.25, 0.3) is 0 Å². The Labute approximate surface area is 271 Å². The molecule has 0 aliphatic carbocycles. The van der Waals surface area contributed by atoms with Gasteiger partial charge in [0.15, 0.2) is 0 Å². The van der Waals surface area contributed by atoms with Gasteiger partial charge in [-0.3, -0.25) is 28.8 Å². The summed E-state index contributed by atoms with van der Waals surface area (Å²) in [5.74, 6) is -7.05. The summed E-state index contributed by atoms with van der Waals surface area (Å²) in [5.41, 5.74) is 5.91. The largest absolute Gasteiger partial charge is 0.508 e. The molecule has 1 aromatic carbocycles. The molecule has 0 aliphatic rings. The molecule has 6 amide bonds. The SMILES string of the molecule is CC[C@H](C)[C@H](NC(=O)[C@H](CO)NC(=O)[C@H](Cc1ccc(O)cc1)NC(=O)CNC(=O)[C@H](CO)NC(=O)[C@H](C)NC(=O)[C@H](C)N)C(=O)O. The van der Waals surface area contributed by atoms with Crippen LogP contribution in [0.3, 0.4) is 0 Å². The van der Waals surface area contributed by atoms with E-state index in [1.807, 2.05) is 0 Å². The van der Waals surface area contributed by atoms with Crippen molar-refractivity contribution in [1.82, 2.24) is 31.9 Å². The number of carbonyl (C=O) groups excluding carboxylic acids is 6. The second-order valence-electron chi connectivity index (χ2n) is 10.9. The van der Waals surface area contributed by atoms with Gasteiger partial charge in [-0.15, -0.1) is 0 Å². The number of carbonyl (C=O) groups is 7. The summed E-state index contributed by atoms with van der Waals surface area (Å²) in [7, 11) is 0. The third-order valence-electron chi connectivity index (χ3n) is 7.02. The quantitative estimate of drug-likeness (QED) is 0.0672. The van der Waals surface area contributed by atoms with Crippen molar-refractivity contribution >= 4 is 41.4 Å². The summed E-state index contributed by atoms with van der Waals surface area (Å²) in [6.45, 7) is 3.58. The zero-order valence-electron chi connectivity index (χ0n) is 26.6. The van der Waals surface area contributed by atoms with Crippen molar-refractivity contribution in [3.8, 4) is 5.75 Å². The molecule has 0 unspecified atom stereocenters. The fourth-order valence-electron chi connectivity index (χ4n) is 3.92. The van der Waals surface area contributed by atoms with Gasteiger partial charge in [-0.2, -0.15) is 0 Å². The summed E-state index contributed by atoms with van der Waals surface area (Å²) >= 11 is 0. The Bertz CT molecular complexity index is 1260. The van der Waals surface area contributed by atoms with E-state index in [9.17, 15) is 54.0 Å². The number of rotatable bonds is 19. The maximum Gasteiger partial charge on any atom is 0.326 e. The van der Waals surface area contributed by atoms with Crippen molar-refractivity contribution in [2.75, 3.05) is 19.8 Å². The molecule has 0 fully saturated rings. The molecule has 0 bridgehead atoms. The number of hydrogen-bond acceptors (Lipinski definition) is 11. The lowest BCUT2D eigenvalue weighted by Crippen LogP contribution is -2.59. The van der Waals surface area contributed by atoms with Crippen molar-refractivity contribution < 1.29 is 54.0 Å². The Morgan fingerprint density at radius 1 is 0.723 bits per heavy atom. The molecular weight excluding hydrogens is 622 g/mol. The lowest BCUT2D eigenvalue weighted by molar-refractivity contribution is -0.144. The third kappa shape index (κ3) is 13.6. The number of aliphatic hydroxyl groups is 2. The summed E-state index contributed by atoms with van der Waals surface area (Å²) in [5, 5.41) is 52.2. The number of aliphatic hydroxyl groups excluding tert-OH is 2. The van der Waals surface area contributed by atoms with E-state index in [1.165, 1.54) is 38.1 Å². The fourth-order valence-corrected chi connectivity index (χ4v) is 3.92. The number of nitrogens with one attached hydrogen (secondary N) is 6. The maximum absolute atomic E-state index is 13.2. The Kier molecular flexibility index (Phi) is 16.8. The number of benzene rings is 1. The molecule has 0 saturated carbocycles. The molecular formula is C29H45N7O11. The molecule has 18 nitrogen and oxygen atoms in total. The fraction of sp³-hybridized carbons (Fsp3) is 0.552. The van der Waals surface area contributed by atoms with Crippen molar-refractivity contribution in [2.24, 2.45) is 11.7 Å². The number of carboxylic acid groups (broad SMARTS) is 1. The zero-order chi connectivity index (χ0) is 35.8. The number of aromatic hydroxyl groups is 1. The lowest BCUT2D eigenvalue weighted by atomic mass is 9.99. The molecule has 12 N–H and O–H groups in total. The maximum atomic E-state index is 13.2. The van der Waals surface area contributed by atoms with Crippen LogP contribution in [0.4, 0.5) is 0 Å². The number of aliphatic carboxylic acids is 1. The van der Waals surface area contributed by atoms with Gasteiger partial charge in [-0.05, 0) is 37.5 Å². The van der Waals surface area contributed by atoms with Crippen LogP contribution in [0, 0.1) is 5.92 Å². The predicted molar refractivity (Wildman–Crippen MR) is 165 cm³/mol. The molecule has 1 rings (SSSR count). The van der Waals surface area contributed by atoms with Crippen molar-refractivity contribution in [3.63, 3.8) is 0 Å². The average Bonchev–Trinajstić information content (AvgIpc) is 3.03. The molecule has 47 heavy (non-hydrogen) atoms. The highest BCUT2D eigenvalue weighted by atomic mass is 16.4. The molecule has 0 aliphatic heterocycles. The van der Waals surface area contributed by atoms with E-state index < -0.39 is 103 Å². The number of amides is 6. The summed E-state index contributed by atoms with van der Waals surface area (Å²) in [6, 6.07) is -2.16. The van der Waals surface area contributed by atoms with E-state index in [0.717, 1.165) is 0 Å². The monoisotopic (exact) mass is 667 g/mol. The number of phenolic OH excluding ortho intramolecular Hbond substituents is 1. The molecule has 0 spiro atoms. The van der Waals surface area contributed by atoms with Gasteiger partial charge in [-0.1, -0.05) is 32.4 Å². The predicted octanol–water partition coefficient (Wildman–Crippen LogP) is -4.04. The van der Waals surface area contributed by atoms with Gasteiger partial charge < -0.3 is 58.1 Å². The molecule has 0 radical (unpaired) electrons. The van der Waals surface area contributed by atoms with Crippen LogP contribution in [0.1, 0.15) is 39.7 Å². The van der Waals surface area contributed by atoms with Crippen molar-refractivity contribution in [2.45, 2.75) is 76.8 Å².